The third-order valence-electron chi connectivity index (χ3n) is 4.24. The quantitative estimate of drug-likeness (QED) is 0.253. The van der Waals surface area contributed by atoms with E-state index in [0.717, 1.165) is 50.5 Å². The molecule has 4 heteroatoms. The highest BCUT2D eigenvalue weighted by molar-refractivity contribution is 5.72. The zero-order chi connectivity index (χ0) is 19.2. The van der Waals surface area contributed by atoms with Crippen molar-refractivity contribution < 1.29 is 19.1 Å². The van der Waals surface area contributed by atoms with Crippen molar-refractivity contribution in [3.63, 3.8) is 0 Å². The summed E-state index contributed by atoms with van der Waals surface area (Å²) in [5, 5.41) is 0. The Kier molecular flexibility index (Phi) is 11.4. The molecule has 0 bridgehead atoms. The van der Waals surface area contributed by atoms with Crippen molar-refractivity contribution in [2.24, 2.45) is 0 Å². The fraction of sp³-hybridized carbons (Fsp3) is 0.636. The van der Waals surface area contributed by atoms with E-state index in [1.165, 1.54) is 0 Å². The molecule has 0 spiro atoms. The first-order valence-electron chi connectivity index (χ1n) is 9.99. The molecule has 0 aliphatic carbocycles. The Hall–Kier alpha value is -1.84. The molecule has 0 saturated heterocycles. The highest BCUT2D eigenvalue weighted by Crippen LogP contribution is 2.26. The van der Waals surface area contributed by atoms with Crippen molar-refractivity contribution in [2.75, 3.05) is 6.61 Å². The first-order valence-corrected chi connectivity index (χ1v) is 9.99. The van der Waals surface area contributed by atoms with Crippen LogP contribution in [-0.2, 0) is 14.3 Å². The van der Waals surface area contributed by atoms with E-state index < -0.39 is 0 Å². The molecule has 1 rings (SSSR count). The van der Waals surface area contributed by atoms with Crippen LogP contribution >= 0.6 is 0 Å². The summed E-state index contributed by atoms with van der Waals surface area (Å²) in [5.74, 6) is 0.772. The molecule has 0 fully saturated rings. The van der Waals surface area contributed by atoms with Crippen LogP contribution < -0.4 is 4.74 Å². The van der Waals surface area contributed by atoms with Crippen LogP contribution in [0.15, 0.2) is 24.3 Å². The zero-order valence-corrected chi connectivity index (χ0v) is 16.6. The van der Waals surface area contributed by atoms with Gasteiger partial charge in [0.05, 0.1) is 6.61 Å². The van der Waals surface area contributed by atoms with Crippen LogP contribution in [0.25, 0.3) is 0 Å². The lowest BCUT2D eigenvalue weighted by Crippen LogP contribution is -2.09. The van der Waals surface area contributed by atoms with Crippen LogP contribution in [-0.4, -0.2) is 18.5 Å². The summed E-state index contributed by atoms with van der Waals surface area (Å²) in [6.45, 7) is 6.70. The van der Waals surface area contributed by atoms with Gasteiger partial charge in [0.15, 0.2) is 0 Å². The summed E-state index contributed by atoms with van der Waals surface area (Å²) >= 11 is 0. The Morgan fingerprint density at radius 1 is 0.885 bits per heavy atom. The van der Waals surface area contributed by atoms with Gasteiger partial charge in [0.2, 0.25) is 0 Å². The molecule has 26 heavy (non-hydrogen) atoms. The maximum absolute atomic E-state index is 12.0. The highest BCUT2D eigenvalue weighted by Gasteiger charge is 2.11. The minimum atomic E-state index is -0.156. The van der Waals surface area contributed by atoms with Gasteiger partial charge in [0.25, 0.3) is 0 Å². The summed E-state index contributed by atoms with van der Waals surface area (Å²) in [4.78, 5) is 23.4. The molecular weight excluding hydrogens is 328 g/mol. The van der Waals surface area contributed by atoms with E-state index in [4.69, 9.17) is 9.47 Å². The summed E-state index contributed by atoms with van der Waals surface area (Å²) < 4.78 is 10.6. The van der Waals surface area contributed by atoms with E-state index >= 15 is 0 Å². The number of rotatable bonds is 13. The van der Waals surface area contributed by atoms with Gasteiger partial charge in [0, 0.05) is 12.8 Å². The largest absolute Gasteiger partial charge is 0.466 e. The van der Waals surface area contributed by atoms with Gasteiger partial charge in [-0.15, -0.1) is 0 Å². The number of carbonyl (C=O) groups excluding carboxylic acids is 2. The van der Waals surface area contributed by atoms with Crippen LogP contribution in [0.4, 0.5) is 0 Å². The minimum Gasteiger partial charge on any atom is -0.466 e. The van der Waals surface area contributed by atoms with Gasteiger partial charge in [0.1, 0.15) is 5.75 Å². The summed E-state index contributed by atoms with van der Waals surface area (Å²) in [6.07, 6.45) is 7.80. The third kappa shape index (κ3) is 9.59. The maximum atomic E-state index is 12.0. The Morgan fingerprint density at radius 3 is 2.08 bits per heavy atom. The van der Waals surface area contributed by atoms with Crippen LogP contribution in [0.1, 0.15) is 90.0 Å². The smallest absolute Gasteiger partial charge is 0.311 e. The lowest BCUT2D eigenvalue weighted by Gasteiger charge is -2.12. The van der Waals surface area contributed by atoms with Gasteiger partial charge in [-0.05, 0) is 36.8 Å². The fourth-order valence-electron chi connectivity index (χ4n) is 2.76. The minimum absolute atomic E-state index is 0.0868. The van der Waals surface area contributed by atoms with Gasteiger partial charge >= 0.3 is 11.9 Å². The molecule has 0 radical (unpaired) electrons. The van der Waals surface area contributed by atoms with E-state index in [1.807, 2.05) is 31.2 Å². The van der Waals surface area contributed by atoms with Crippen molar-refractivity contribution in [1.29, 1.82) is 0 Å². The Bertz CT molecular complexity index is 537. The standard InChI is InChI=1S/C22H34O4/c1-4-17-25-21(23)15-9-7-5-6-8-10-16-22(24)26-20-14-12-11-13-19(20)18(2)3/h11-14,18H,4-10,15-17H2,1-3H3. The van der Waals surface area contributed by atoms with Crippen LogP contribution in [0, 0.1) is 0 Å². The first kappa shape index (κ1) is 22.2. The van der Waals surface area contributed by atoms with Gasteiger partial charge in [-0.2, -0.15) is 0 Å². The summed E-state index contributed by atoms with van der Waals surface area (Å²) in [5.41, 5.74) is 1.07. The molecule has 0 N–H and O–H groups in total. The monoisotopic (exact) mass is 362 g/mol. The Morgan fingerprint density at radius 2 is 1.46 bits per heavy atom. The topological polar surface area (TPSA) is 52.6 Å². The van der Waals surface area contributed by atoms with Gasteiger partial charge < -0.3 is 9.47 Å². The second-order valence-corrected chi connectivity index (χ2v) is 7.01. The molecule has 0 unspecified atom stereocenters. The van der Waals surface area contributed by atoms with Crippen LogP contribution in [0.2, 0.25) is 0 Å². The van der Waals surface area contributed by atoms with E-state index in [1.54, 1.807) is 0 Å². The number of esters is 2. The fourth-order valence-corrected chi connectivity index (χ4v) is 2.76. The predicted octanol–water partition coefficient (Wildman–Crippen LogP) is 5.79. The lowest BCUT2D eigenvalue weighted by atomic mass is 10.0. The molecule has 0 atom stereocenters. The zero-order valence-electron chi connectivity index (χ0n) is 16.6. The number of ether oxygens (including phenoxy) is 2. The lowest BCUT2D eigenvalue weighted by molar-refractivity contribution is -0.143. The van der Waals surface area contributed by atoms with Crippen molar-refractivity contribution in [3.05, 3.63) is 29.8 Å². The Labute approximate surface area is 158 Å². The molecule has 146 valence electrons. The normalized spacial score (nSPS) is 10.8. The van der Waals surface area contributed by atoms with Gasteiger partial charge in [-0.1, -0.05) is 64.7 Å². The number of carbonyl (C=O) groups is 2. The van der Waals surface area contributed by atoms with E-state index in [0.29, 0.717) is 31.1 Å². The molecule has 0 aromatic heterocycles. The molecule has 0 saturated carbocycles. The summed E-state index contributed by atoms with van der Waals surface area (Å²) in [7, 11) is 0. The first-order chi connectivity index (χ1) is 12.5. The number of para-hydroxylation sites is 1. The van der Waals surface area contributed by atoms with Crippen molar-refractivity contribution in [3.8, 4) is 5.75 Å². The number of unbranched alkanes of at least 4 members (excludes halogenated alkanes) is 5. The third-order valence-corrected chi connectivity index (χ3v) is 4.24. The second-order valence-electron chi connectivity index (χ2n) is 7.01. The number of hydrogen-bond donors (Lipinski definition) is 0. The molecule has 1 aromatic rings. The molecule has 0 amide bonds. The van der Waals surface area contributed by atoms with Gasteiger partial charge in [-0.3, -0.25) is 9.59 Å². The Balaban J connectivity index is 2.08. The van der Waals surface area contributed by atoms with Crippen molar-refractivity contribution >= 4 is 11.9 Å². The molecule has 0 aliphatic rings. The number of benzene rings is 1. The average molecular weight is 363 g/mol. The van der Waals surface area contributed by atoms with Crippen molar-refractivity contribution in [1.82, 2.24) is 0 Å². The molecule has 1 aromatic carbocycles. The SMILES string of the molecule is CCCOC(=O)CCCCCCCCC(=O)Oc1ccccc1C(C)C. The maximum Gasteiger partial charge on any atom is 0.311 e. The van der Waals surface area contributed by atoms with E-state index in [9.17, 15) is 9.59 Å². The molecule has 4 nitrogen and oxygen atoms in total. The summed E-state index contributed by atoms with van der Waals surface area (Å²) in [6, 6.07) is 7.73. The highest BCUT2D eigenvalue weighted by atomic mass is 16.5. The molecule has 0 heterocycles. The number of hydrogen-bond acceptors (Lipinski definition) is 4. The van der Waals surface area contributed by atoms with Crippen LogP contribution in [0.3, 0.4) is 0 Å². The predicted molar refractivity (Wildman–Crippen MR) is 104 cm³/mol. The van der Waals surface area contributed by atoms with Crippen LogP contribution in [0.5, 0.6) is 5.75 Å². The van der Waals surface area contributed by atoms with E-state index in [-0.39, 0.29) is 11.9 Å². The van der Waals surface area contributed by atoms with E-state index in [2.05, 4.69) is 13.8 Å². The second kappa shape index (κ2) is 13.4. The van der Waals surface area contributed by atoms with Gasteiger partial charge in [-0.25, -0.2) is 0 Å². The molecule has 0 aliphatic heterocycles. The average Bonchev–Trinajstić information content (AvgIpc) is 2.62. The van der Waals surface area contributed by atoms with Crippen molar-refractivity contribution in [2.45, 2.75) is 84.5 Å². The molecular formula is C22H34O4.